The lowest BCUT2D eigenvalue weighted by molar-refractivity contribution is 0.788. The minimum atomic E-state index is 0.811. The zero-order valence-corrected chi connectivity index (χ0v) is 9.45. The number of nitrogen functional groups attached to an aromatic ring is 1. The van der Waals surface area contributed by atoms with Gasteiger partial charge < -0.3 is 10.3 Å². The van der Waals surface area contributed by atoms with Crippen LogP contribution in [0.2, 0.25) is 0 Å². The second kappa shape index (κ2) is 3.94. The molecule has 1 aromatic heterocycles. The van der Waals surface area contributed by atoms with Crippen LogP contribution in [0.1, 0.15) is 5.56 Å². The smallest absolute Gasteiger partial charge is 0.195 e. The molecule has 0 unspecified atom stereocenters. The highest BCUT2D eigenvalue weighted by Gasteiger charge is 2.07. The maximum Gasteiger partial charge on any atom is 0.195 e. The van der Waals surface area contributed by atoms with Gasteiger partial charge in [0.25, 0.3) is 0 Å². The zero-order valence-electron chi connectivity index (χ0n) is 8.64. The van der Waals surface area contributed by atoms with Crippen molar-refractivity contribution < 1.29 is 0 Å². The molecule has 1 heterocycles. The fourth-order valence-corrected chi connectivity index (χ4v) is 2.10. The molecule has 0 spiro atoms. The Morgan fingerprint density at radius 3 is 2.87 bits per heavy atom. The fraction of sp³-hybridized carbons (Fsp3) is 0.200. The average molecular weight is 220 g/mol. The standard InChI is InChI=1S/C10H12N4S/c1-7-4-3-5-8(9(7)11)15-10-13-12-6-14(10)2/h3-6H,11H2,1-2H3. The number of nitrogens with two attached hydrogens (primary N) is 1. The van der Waals surface area contributed by atoms with E-state index in [1.54, 1.807) is 6.33 Å². The molecule has 0 aliphatic rings. The summed E-state index contributed by atoms with van der Waals surface area (Å²) < 4.78 is 1.87. The van der Waals surface area contributed by atoms with Crippen LogP contribution in [-0.2, 0) is 7.05 Å². The van der Waals surface area contributed by atoms with Gasteiger partial charge in [0.1, 0.15) is 6.33 Å². The van der Waals surface area contributed by atoms with E-state index in [1.165, 1.54) is 11.8 Å². The molecule has 0 radical (unpaired) electrons. The third-order valence-corrected chi connectivity index (χ3v) is 3.28. The van der Waals surface area contributed by atoms with Crippen molar-refractivity contribution in [3.63, 3.8) is 0 Å². The van der Waals surface area contributed by atoms with Gasteiger partial charge in [-0.2, -0.15) is 0 Å². The number of anilines is 1. The molecule has 0 atom stereocenters. The SMILES string of the molecule is Cc1cccc(Sc2nncn2C)c1N. The highest BCUT2D eigenvalue weighted by atomic mass is 32.2. The van der Waals surface area contributed by atoms with E-state index in [9.17, 15) is 0 Å². The Kier molecular flexibility index (Phi) is 2.64. The van der Waals surface area contributed by atoms with E-state index in [0.717, 1.165) is 21.3 Å². The molecule has 78 valence electrons. The Morgan fingerprint density at radius 1 is 1.40 bits per heavy atom. The summed E-state index contributed by atoms with van der Waals surface area (Å²) >= 11 is 1.53. The summed E-state index contributed by atoms with van der Waals surface area (Å²) in [5.74, 6) is 0. The van der Waals surface area contributed by atoms with Gasteiger partial charge in [-0.15, -0.1) is 10.2 Å². The minimum Gasteiger partial charge on any atom is -0.398 e. The van der Waals surface area contributed by atoms with E-state index in [1.807, 2.05) is 36.7 Å². The molecule has 0 amide bonds. The Morgan fingerprint density at radius 2 is 2.20 bits per heavy atom. The molecule has 4 nitrogen and oxygen atoms in total. The highest BCUT2D eigenvalue weighted by Crippen LogP contribution is 2.31. The number of nitrogens with zero attached hydrogens (tertiary/aromatic N) is 3. The summed E-state index contributed by atoms with van der Waals surface area (Å²) in [6.45, 7) is 2.00. The maximum absolute atomic E-state index is 5.97. The Labute approximate surface area is 92.5 Å². The number of hydrogen-bond donors (Lipinski definition) is 1. The lowest BCUT2D eigenvalue weighted by Crippen LogP contribution is -1.94. The van der Waals surface area contributed by atoms with Crippen molar-refractivity contribution in [3.05, 3.63) is 30.1 Å². The van der Waals surface area contributed by atoms with Gasteiger partial charge >= 0.3 is 0 Å². The van der Waals surface area contributed by atoms with Gasteiger partial charge in [-0.3, -0.25) is 0 Å². The van der Waals surface area contributed by atoms with E-state index in [-0.39, 0.29) is 0 Å². The van der Waals surface area contributed by atoms with Crippen LogP contribution in [0.4, 0.5) is 5.69 Å². The second-order valence-electron chi connectivity index (χ2n) is 3.31. The van der Waals surface area contributed by atoms with Crippen LogP contribution < -0.4 is 5.73 Å². The number of para-hydroxylation sites is 1. The van der Waals surface area contributed by atoms with Crippen molar-refractivity contribution in [2.75, 3.05) is 5.73 Å². The fourth-order valence-electron chi connectivity index (χ4n) is 1.21. The van der Waals surface area contributed by atoms with Crippen LogP contribution in [0.5, 0.6) is 0 Å². The molecule has 2 N–H and O–H groups in total. The summed E-state index contributed by atoms with van der Waals surface area (Å²) in [4.78, 5) is 1.02. The third-order valence-electron chi connectivity index (χ3n) is 2.16. The van der Waals surface area contributed by atoms with Gasteiger partial charge in [0, 0.05) is 17.6 Å². The molecule has 0 aliphatic carbocycles. The molecule has 2 aromatic rings. The van der Waals surface area contributed by atoms with E-state index in [2.05, 4.69) is 10.2 Å². The predicted octanol–water partition coefficient (Wildman–Crippen LogP) is 1.86. The number of hydrogen-bond acceptors (Lipinski definition) is 4. The van der Waals surface area contributed by atoms with E-state index < -0.39 is 0 Å². The normalized spacial score (nSPS) is 10.5. The van der Waals surface area contributed by atoms with Crippen LogP contribution in [0.15, 0.2) is 34.6 Å². The molecule has 2 rings (SSSR count). The number of aromatic nitrogens is 3. The first-order valence-electron chi connectivity index (χ1n) is 4.55. The van der Waals surface area contributed by atoms with Gasteiger partial charge in [-0.05, 0) is 30.3 Å². The van der Waals surface area contributed by atoms with Crippen molar-refractivity contribution in [2.24, 2.45) is 7.05 Å². The molecule has 0 saturated carbocycles. The summed E-state index contributed by atoms with van der Waals surface area (Å²) in [7, 11) is 1.91. The van der Waals surface area contributed by atoms with E-state index in [0.29, 0.717) is 0 Å². The predicted molar refractivity (Wildman–Crippen MR) is 60.7 cm³/mol. The van der Waals surface area contributed by atoms with Crippen LogP contribution in [0, 0.1) is 6.92 Å². The van der Waals surface area contributed by atoms with Crippen LogP contribution in [0.25, 0.3) is 0 Å². The first kappa shape index (κ1) is 10.0. The first-order chi connectivity index (χ1) is 7.18. The van der Waals surface area contributed by atoms with Gasteiger partial charge in [-0.1, -0.05) is 12.1 Å². The van der Waals surface area contributed by atoms with Crippen molar-refractivity contribution in [3.8, 4) is 0 Å². The van der Waals surface area contributed by atoms with Crippen LogP contribution >= 0.6 is 11.8 Å². The van der Waals surface area contributed by atoms with Gasteiger partial charge in [0.2, 0.25) is 0 Å². The quantitative estimate of drug-likeness (QED) is 0.785. The van der Waals surface area contributed by atoms with Crippen molar-refractivity contribution in [2.45, 2.75) is 17.0 Å². The topological polar surface area (TPSA) is 56.7 Å². The average Bonchev–Trinajstić information content (AvgIpc) is 2.60. The molecular weight excluding hydrogens is 208 g/mol. The molecule has 0 bridgehead atoms. The molecule has 0 aliphatic heterocycles. The number of benzene rings is 1. The lowest BCUT2D eigenvalue weighted by Gasteiger charge is -2.06. The van der Waals surface area contributed by atoms with Gasteiger partial charge in [0.05, 0.1) is 0 Å². The Hall–Kier alpha value is -1.49. The second-order valence-corrected chi connectivity index (χ2v) is 4.32. The summed E-state index contributed by atoms with van der Waals surface area (Å²) in [5.41, 5.74) is 7.87. The Bertz CT molecular complexity index is 478. The highest BCUT2D eigenvalue weighted by molar-refractivity contribution is 7.99. The minimum absolute atomic E-state index is 0.811. The molecule has 5 heteroatoms. The molecule has 0 saturated heterocycles. The largest absolute Gasteiger partial charge is 0.398 e. The lowest BCUT2D eigenvalue weighted by atomic mass is 10.2. The monoisotopic (exact) mass is 220 g/mol. The van der Waals surface area contributed by atoms with Crippen molar-refractivity contribution in [1.29, 1.82) is 0 Å². The zero-order chi connectivity index (χ0) is 10.8. The Balaban J connectivity index is 2.33. The maximum atomic E-state index is 5.97. The van der Waals surface area contributed by atoms with Gasteiger partial charge in [-0.25, -0.2) is 0 Å². The van der Waals surface area contributed by atoms with E-state index >= 15 is 0 Å². The van der Waals surface area contributed by atoms with E-state index in [4.69, 9.17) is 5.73 Å². The molecular formula is C10H12N4S. The molecule has 15 heavy (non-hydrogen) atoms. The summed E-state index contributed by atoms with van der Waals surface area (Å²) in [5, 5.41) is 8.66. The van der Waals surface area contributed by atoms with Crippen molar-refractivity contribution in [1.82, 2.24) is 14.8 Å². The van der Waals surface area contributed by atoms with Crippen molar-refractivity contribution >= 4 is 17.4 Å². The first-order valence-corrected chi connectivity index (χ1v) is 5.37. The van der Waals surface area contributed by atoms with Crippen LogP contribution in [-0.4, -0.2) is 14.8 Å². The number of aryl methyl sites for hydroxylation is 2. The molecule has 0 fully saturated rings. The summed E-state index contributed by atoms with van der Waals surface area (Å²) in [6.07, 6.45) is 1.67. The molecule has 1 aromatic carbocycles. The number of rotatable bonds is 2. The van der Waals surface area contributed by atoms with Gasteiger partial charge in [0.15, 0.2) is 5.16 Å². The third kappa shape index (κ3) is 1.97. The van der Waals surface area contributed by atoms with Crippen LogP contribution in [0.3, 0.4) is 0 Å². The summed E-state index contributed by atoms with van der Waals surface area (Å²) in [6, 6.07) is 5.97.